The van der Waals surface area contributed by atoms with Crippen molar-refractivity contribution in [3.05, 3.63) is 0 Å². The molecule has 1 fully saturated rings. The van der Waals surface area contributed by atoms with E-state index in [4.69, 9.17) is 10.8 Å². The Labute approximate surface area is 200 Å². The van der Waals surface area contributed by atoms with E-state index in [1.807, 2.05) is 0 Å². The second-order valence-corrected chi connectivity index (χ2v) is 10.6. The van der Waals surface area contributed by atoms with Gasteiger partial charge in [-0.15, -0.1) is 0 Å². The van der Waals surface area contributed by atoms with Crippen LogP contribution in [0.25, 0.3) is 0 Å². The van der Waals surface area contributed by atoms with Gasteiger partial charge >= 0.3 is 0 Å². The summed E-state index contributed by atoms with van der Waals surface area (Å²) in [4.78, 5) is 0. The maximum Gasteiger partial charge on any atom is 0.0626 e. The molecule has 2 unspecified atom stereocenters. The molecule has 1 rings (SSSR count). The summed E-state index contributed by atoms with van der Waals surface area (Å²) in [6, 6.07) is 0.270. The van der Waals surface area contributed by atoms with Gasteiger partial charge in [-0.25, -0.2) is 0 Å². The molecule has 0 amide bonds. The first-order valence-corrected chi connectivity index (χ1v) is 14.5. The zero-order chi connectivity index (χ0) is 23.2. The zero-order valence-corrected chi connectivity index (χ0v) is 21.4. The number of aliphatic hydroxyl groups is 2. The Morgan fingerprint density at radius 2 is 1.03 bits per heavy atom. The Morgan fingerprint density at radius 3 is 1.53 bits per heavy atom. The summed E-state index contributed by atoms with van der Waals surface area (Å²) in [5.74, 6) is 0. The molecule has 192 valence electrons. The van der Waals surface area contributed by atoms with Crippen LogP contribution in [0.1, 0.15) is 148 Å². The topological polar surface area (TPSA) is 78.5 Å². The summed E-state index contributed by atoms with van der Waals surface area (Å²) in [7, 11) is 0. The lowest BCUT2D eigenvalue weighted by molar-refractivity contribution is 0.135. The van der Waals surface area contributed by atoms with E-state index in [-0.39, 0.29) is 12.6 Å². The standard InChI is InChI=1S/C28H58N2O2/c29-28(26-32)23-19-15-11-10-14-18-22-27(28)30-24-20-16-12-8-6-4-2-1-3-5-7-9-13-17-21-25-31/h27,30-32H,1-26,29H2. The molecule has 1 aliphatic carbocycles. The van der Waals surface area contributed by atoms with Crippen molar-refractivity contribution >= 4 is 0 Å². The van der Waals surface area contributed by atoms with Gasteiger partial charge < -0.3 is 21.3 Å². The van der Waals surface area contributed by atoms with Gasteiger partial charge in [-0.05, 0) is 32.2 Å². The van der Waals surface area contributed by atoms with Crippen molar-refractivity contribution in [2.45, 2.75) is 159 Å². The highest BCUT2D eigenvalue weighted by Gasteiger charge is 2.33. The molecule has 0 aliphatic heterocycles. The van der Waals surface area contributed by atoms with Crippen molar-refractivity contribution in [2.24, 2.45) is 5.73 Å². The van der Waals surface area contributed by atoms with Crippen molar-refractivity contribution < 1.29 is 10.2 Å². The average molecular weight is 455 g/mol. The first-order valence-electron chi connectivity index (χ1n) is 14.5. The summed E-state index contributed by atoms with van der Waals surface area (Å²) < 4.78 is 0. The second kappa shape index (κ2) is 21.4. The maximum absolute atomic E-state index is 9.97. The molecule has 0 heterocycles. The van der Waals surface area contributed by atoms with Gasteiger partial charge in [0.15, 0.2) is 0 Å². The minimum Gasteiger partial charge on any atom is -0.396 e. The van der Waals surface area contributed by atoms with Crippen LogP contribution < -0.4 is 11.1 Å². The monoisotopic (exact) mass is 454 g/mol. The lowest BCUT2D eigenvalue weighted by atomic mass is 9.82. The fourth-order valence-corrected chi connectivity index (χ4v) is 5.28. The number of hydrogen-bond acceptors (Lipinski definition) is 4. The van der Waals surface area contributed by atoms with E-state index in [9.17, 15) is 5.11 Å². The van der Waals surface area contributed by atoms with E-state index in [0.29, 0.717) is 6.61 Å². The maximum atomic E-state index is 9.97. The summed E-state index contributed by atoms with van der Waals surface area (Å²) in [6.45, 7) is 1.51. The van der Waals surface area contributed by atoms with E-state index < -0.39 is 5.54 Å². The fourth-order valence-electron chi connectivity index (χ4n) is 5.28. The van der Waals surface area contributed by atoms with Crippen molar-refractivity contribution in [2.75, 3.05) is 19.8 Å². The van der Waals surface area contributed by atoms with Gasteiger partial charge in [0.05, 0.1) is 12.1 Å². The van der Waals surface area contributed by atoms with Gasteiger partial charge in [0.2, 0.25) is 0 Å². The quantitative estimate of drug-likeness (QED) is 0.166. The molecule has 4 heteroatoms. The molecular formula is C28H58N2O2. The third-order valence-electron chi connectivity index (χ3n) is 7.60. The van der Waals surface area contributed by atoms with Crippen LogP contribution in [0.2, 0.25) is 0 Å². The van der Waals surface area contributed by atoms with E-state index in [1.54, 1.807) is 0 Å². The van der Waals surface area contributed by atoms with Crippen molar-refractivity contribution in [3.63, 3.8) is 0 Å². The molecule has 4 nitrogen and oxygen atoms in total. The van der Waals surface area contributed by atoms with Gasteiger partial charge in [0.25, 0.3) is 0 Å². The van der Waals surface area contributed by atoms with Gasteiger partial charge in [-0.2, -0.15) is 0 Å². The van der Waals surface area contributed by atoms with Gasteiger partial charge in [-0.3, -0.25) is 0 Å². The van der Waals surface area contributed by atoms with Crippen molar-refractivity contribution in [1.82, 2.24) is 5.32 Å². The Bertz CT molecular complexity index is 394. The van der Waals surface area contributed by atoms with Crippen LogP contribution in [0, 0.1) is 0 Å². The lowest BCUT2D eigenvalue weighted by Gasteiger charge is -2.37. The van der Waals surface area contributed by atoms with Gasteiger partial charge in [-0.1, -0.05) is 122 Å². The highest BCUT2D eigenvalue weighted by molar-refractivity contribution is 4.96. The molecule has 1 saturated carbocycles. The van der Waals surface area contributed by atoms with Crippen LogP contribution in [-0.2, 0) is 0 Å². The minimum atomic E-state index is -0.433. The number of rotatable bonds is 19. The van der Waals surface area contributed by atoms with Gasteiger partial charge in [0.1, 0.15) is 0 Å². The molecule has 1 aliphatic rings. The number of nitrogens with one attached hydrogen (secondary N) is 1. The minimum absolute atomic E-state index is 0.106. The SMILES string of the molecule is NC1(CO)CCCCCCCCC1NCCCCCCCCCCCCCCCCCO. The van der Waals surface area contributed by atoms with E-state index in [1.165, 1.54) is 122 Å². The van der Waals surface area contributed by atoms with Crippen LogP contribution in [0.15, 0.2) is 0 Å². The lowest BCUT2D eigenvalue weighted by Crippen LogP contribution is -2.60. The number of unbranched alkanes of at least 4 members (excludes halogenated alkanes) is 14. The van der Waals surface area contributed by atoms with Crippen molar-refractivity contribution in [3.8, 4) is 0 Å². The van der Waals surface area contributed by atoms with E-state index in [0.717, 1.165) is 32.2 Å². The van der Waals surface area contributed by atoms with Crippen LogP contribution in [-0.4, -0.2) is 41.6 Å². The Morgan fingerprint density at radius 1 is 0.594 bits per heavy atom. The normalized spacial score (nSPS) is 22.8. The molecule has 5 N–H and O–H groups in total. The highest BCUT2D eigenvalue weighted by atomic mass is 16.3. The predicted octanol–water partition coefficient (Wildman–Crippen LogP) is 6.61. The van der Waals surface area contributed by atoms with Crippen LogP contribution >= 0.6 is 0 Å². The van der Waals surface area contributed by atoms with E-state index in [2.05, 4.69) is 5.32 Å². The summed E-state index contributed by atoms with van der Waals surface area (Å²) in [5, 5.41) is 22.5. The molecule has 0 aromatic heterocycles. The summed E-state index contributed by atoms with van der Waals surface area (Å²) >= 11 is 0. The molecule has 0 bridgehead atoms. The number of aliphatic hydroxyl groups excluding tert-OH is 2. The molecule has 32 heavy (non-hydrogen) atoms. The summed E-state index contributed by atoms with van der Waals surface area (Å²) in [5.41, 5.74) is 6.21. The van der Waals surface area contributed by atoms with Crippen LogP contribution in [0.3, 0.4) is 0 Å². The second-order valence-electron chi connectivity index (χ2n) is 10.6. The molecular weight excluding hydrogens is 396 g/mol. The molecule has 2 atom stereocenters. The smallest absolute Gasteiger partial charge is 0.0626 e. The third kappa shape index (κ3) is 15.6. The highest BCUT2D eigenvalue weighted by Crippen LogP contribution is 2.24. The Kier molecular flexibility index (Phi) is 20.0. The zero-order valence-electron chi connectivity index (χ0n) is 21.4. The molecule has 0 aromatic carbocycles. The fraction of sp³-hybridized carbons (Fsp3) is 1.00. The Balaban J connectivity index is 1.94. The largest absolute Gasteiger partial charge is 0.396 e. The molecule has 0 spiro atoms. The average Bonchev–Trinajstić information content (AvgIpc) is 2.81. The summed E-state index contributed by atoms with van der Waals surface area (Å²) in [6.07, 6.45) is 29.6. The molecule has 0 aromatic rings. The van der Waals surface area contributed by atoms with E-state index >= 15 is 0 Å². The predicted molar refractivity (Wildman–Crippen MR) is 139 cm³/mol. The first-order chi connectivity index (χ1) is 15.7. The third-order valence-corrected chi connectivity index (χ3v) is 7.60. The molecule has 0 saturated heterocycles. The molecule has 0 radical (unpaired) electrons. The van der Waals surface area contributed by atoms with Crippen LogP contribution in [0.5, 0.6) is 0 Å². The van der Waals surface area contributed by atoms with Gasteiger partial charge in [0, 0.05) is 12.6 Å². The number of nitrogens with two attached hydrogens (primary N) is 1. The first kappa shape index (κ1) is 29.9. The van der Waals surface area contributed by atoms with Crippen molar-refractivity contribution in [1.29, 1.82) is 0 Å². The Hall–Kier alpha value is -0.160. The van der Waals surface area contributed by atoms with Crippen LogP contribution in [0.4, 0.5) is 0 Å². The number of hydrogen-bond donors (Lipinski definition) is 4.